The zero-order valence-corrected chi connectivity index (χ0v) is 10.1. The molecule has 0 aromatic rings. The quantitative estimate of drug-likeness (QED) is 0.559. The van der Waals surface area contributed by atoms with Crippen LogP contribution in [0.25, 0.3) is 0 Å². The second kappa shape index (κ2) is 2.89. The highest BCUT2D eigenvalue weighted by atomic mass is 35.5. The number of rotatable bonds is 1. The third-order valence-corrected chi connectivity index (χ3v) is 5.15. The molecule has 1 N–H and O–H groups in total. The van der Waals surface area contributed by atoms with E-state index < -0.39 is 11.2 Å². The summed E-state index contributed by atoms with van der Waals surface area (Å²) in [5.74, 6) is -0.971. The van der Waals surface area contributed by atoms with Crippen LogP contribution in [0.4, 0.5) is 4.79 Å². The van der Waals surface area contributed by atoms with Crippen molar-refractivity contribution in [1.29, 1.82) is 0 Å². The van der Waals surface area contributed by atoms with E-state index >= 15 is 0 Å². The number of halogens is 1. The molecule has 2 bridgehead atoms. The van der Waals surface area contributed by atoms with Crippen molar-refractivity contribution in [3.63, 3.8) is 0 Å². The lowest BCUT2D eigenvalue weighted by molar-refractivity contribution is -0.235. The van der Waals surface area contributed by atoms with Crippen molar-refractivity contribution in [1.82, 2.24) is 0 Å². The molecule has 0 aromatic heterocycles. The van der Waals surface area contributed by atoms with Gasteiger partial charge in [0.15, 0.2) is 0 Å². The highest BCUT2D eigenvalue weighted by molar-refractivity contribution is 6.61. The monoisotopic (exact) mass is 232 g/mol. The van der Waals surface area contributed by atoms with E-state index in [1.165, 1.54) is 0 Å². The summed E-state index contributed by atoms with van der Waals surface area (Å²) in [4.78, 5) is 10.8. The minimum Gasteiger partial charge on any atom is -0.421 e. The van der Waals surface area contributed by atoms with Gasteiger partial charge in [0.1, 0.15) is 0 Å². The van der Waals surface area contributed by atoms with Crippen LogP contribution >= 0.6 is 11.6 Å². The molecule has 0 unspecified atom stereocenters. The maximum Gasteiger partial charge on any atom is 0.406 e. The molecule has 2 saturated carbocycles. The molecule has 3 nitrogen and oxygen atoms in total. The molecule has 86 valence electrons. The molecule has 0 amide bonds. The van der Waals surface area contributed by atoms with Gasteiger partial charge in [-0.25, -0.2) is 4.79 Å². The minimum absolute atomic E-state index is 0.00586. The molecule has 2 rings (SSSR count). The molecule has 15 heavy (non-hydrogen) atoms. The first-order valence-electron chi connectivity index (χ1n) is 5.34. The summed E-state index contributed by atoms with van der Waals surface area (Å²) in [5, 5.41) is 10.4. The van der Waals surface area contributed by atoms with Crippen molar-refractivity contribution in [2.24, 2.45) is 16.7 Å². The van der Waals surface area contributed by atoms with Gasteiger partial charge in [-0.3, -0.25) is 0 Å². The summed E-state index contributed by atoms with van der Waals surface area (Å²) in [5.41, 5.74) is -1.30. The van der Waals surface area contributed by atoms with Crippen LogP contribution in [-0.2, 0) is 4.74 Å². The molecule has 0 spiro atoms. The summed E-state index contributed by atoms with van der Waals surface area (Å²) in [6.45, 7) is 6.25. The molecule has 4 heteroatoms. The maximum absolute atomic E-state index is 10.8. The predicted molar refractivity (Wildman–Crippen MR) is 56.5 cm³/mol. The number of fused-ring (bicyclic) bond motifs is 2. The molecular formula is C11H17ClO3. The molecular weight excluding hydrogens is 216 g/mol. The van der Waals surface area contributed by atoms with Gasteiger partial charge in [-0.1, -0.05) is 20.8 Å². The Kier molecular flexibility index (Phi) is 2.16. The van der Waals surface area contributed by atoms with E-state index in [1.807, 2.05) is 6.92 Å². The molecule has 0 heterocycles. The minimum atomic E-state index is -1.38. The normalized spacial score (nSPS) is 46.9. The van der Waals surface area contributed by atoms with Crippen LogP contribution < -0.4 is 0 Å². The van der Waals surface area contributed by atoms with E-state index in [2.05, 4.69) is 13.8 Å². The lowest BCUT2D eigenvalue weighted by Crippen LogP contribution is -2.49. The summed E-state index contributed by atoms with van der Waals surface area (Å²) in [6.07, 6.45) is 2.48. The number of aliphatic hydroxyl groups is 1. The van der Waals surface area contributed by atoms with E-state index in [0.29, 0.717) is 12.3 Å². The summed E-state index contributed by atoms with van der Waals surface area (Å²) in [6, 6.07) is 0. The molecule has 0 radical (unpaired) electrons. The zero-order valence-electron chi connectivity index (χ0n) is 9.34. The number of hydrogen-bond donors (Lipinski definition) is 1. The molecule has 0 saturated heterocycles. The van der Waals surface area contributed by atoms with Crippen molar-refractivity contribution >= 4 is 17.0 Å². The Morgan fingerprint density at radius 1 is 1.47 bits per heavy atom. The molecule has 3 atom stereocenters. The highest BCUT2D eigenvalue weighted by Crippen LogP contribution is 2.69. The first-order chi connectivity index (χ1) is 6.73. The van der Waals surface area contributed by atoms with Gasteiger partial charge < -0.3 is 9.84 Å². The molecule has 0 aliphatic heterocycles. The molecule has 2 aliphatic carbocycles. The van der Waals surface area contributed by atoms with Gasteiger partial charge in [0.05, 0.1) is 0 Å². The van der Waals surface area contributed by atoms with Crippen molar-refractivity contribution < 1.29 is 14.6 Å². The topological polar surface area (TPSA) is 46.5 Å². The van der Waals surface area contributed by atoms with Gasteiger partial charge in [0, 0.05) is 23.4 Å². The third-order valence-electron chi connectivity index (χ3n) is 5.07. The average Bonchev–Trinajstić information content (AvgIpc) is 2.34. The van der Waals surface area contributed by atoms with Crippen LogP contribution in [0.5, 0.6) is 0 Å². The number of carbonyl (C=O) groups excluding carboxylic acids is 1. The Labute approximate surface area is 94.7 Å². The van der Waals surface area contributed by atoms with Gasteiger partial charge in [-0.15, -0.1) is 0 Å². The van der Waals surface area contributed by atoms with Crippen molar-refractivity contribution in [2.75, 3.05) is 0 Å². The Morgan fingerprint density at radius 3 is 2.40 bits per heavy atom. The smallest absolute Gasteiger partial charge is 0.406 e. The lowest BCUT2D eigenvalue weighted by atomic mass is 9.68. The fraction of sp³-hybridized carbons (Fsp3) is 0.909. The van der Waals surface area contributed by atoms with Gasteiger partial charge in [0.25, 0.3) is 0 Å². The standard InChI is InChI=1S/C11H17ClO3/c1-9(2)7-4-5-10(9,3)11(14,6-7)15-8(12)13/h7,14H,4-6H2,1-3H3/t7-,10-,11-/m1/s1. The Bertz CT molecular complexity index is 315. The van der Waals surface area contributed by atoms with Crippen LogP contribution in [0.2, 0.25) is 0 Å². The van der Waals surface area contributed by atoms with Crippen LogP contribution in [-0.4, -0.2) is 16.3 Å². The second-order valence-corrected chi connectivity index (χ2v) is 5.93. The fourth-order valence-electron chi connectivity index (χ4n) is 3.50. The van der Waals surface area contributed by atoms with Gasteiger partial charge in [-0.05, 0) is 24.2 Å². The van der Waals surface area contributed by atoms with Crippen LogP contribution in [0.3, 0.4) is 0 Å². The van der Waals surface area contributed by atoms with Crippen LogP contribution in [0.1, 0.15) is 40.0 Å². The summed E-state index contributed by atoms with van der Waals surface area (Å²) < 4.78 is 4.95. The first-order valence-corrected chi connectivity index (χ1v) is 5.72. The number of ether oxygens (including phenoxy) is 1. The number of hydrogen-bond acceptors (Lipinski definition) is 3. The predicted octanol–water partition coefficient (Wildman–Crippen LogP) is 2.90. The van der Waals surface area contributed by atoms with Gasteiger partial charge in [-0.2, -0.15) is 0 Å². The van der Waals surface area contributed by atoms with Crippen molar-refractivity contribution in [3.05, 3.63) is 0 Å². The second-order valence-electron chi connectivity index (χ2n) is 5.62. The third kappa shape index (κ3) is 1.19. The fourth-order valence-corrected chi connectivity index (χ4v) is 3.63. The highest BCUT2D eigenvalue weighted by Gasteiger charge is 2.70. The molecule has 2 aliphatic rings. The average molecular weight is 233 g/mol. The Morgan fingerprint density at radius 2 is 2.07 bits per heavy atom. The number of carbonyl (C=O) groups is 1. The lowest BCUT2D eigenvalue weighted by Gasteiger charge is -2.43. The van der Waals surface area contributed by atoms with E-state index in [1.54, 1.807) is 0 Å². The van der Waals surface area contributed by atoms with Crippen molar-refractivity contribution in [2.45, 2.75) is 45.8 Å². The van der Waals surface area contributed by atoms with Crippen molar-refractivity contribution in [3.8, 4) is 0 Å². The van der Waals surface area contributed by atoms with Gasteiger partial charge >= 0.3 is 5.43 Å². The zero-order chi connectivity index (χ0) is 11.5. The van der Waals surface area contributed by atoms with Gasteiger partial charge in [0.2, 0.25) is 5.79 Å². The summed E-state index contributed by atoms with van der Waals surface area (Å²) >= 11 is 5.22. The summed E-state index contributed by atoms with van der Waals surface area (Å²) in [7, 11) is 0. The van der Waals surface area contributed by atoms with E-state index in [0.717, 1.165) is 12.8 Å². The first kappa shape index (κ1) is 11.2. The maximum atomic E-state index is 10.8. The Balaban J connectivity index is 2.36. The van der Waals surface area contributed by atoms with E-state index in [-0.39, 0.29) is 10.8 Å². The molecule has 0 aromatic carbocycles. The SMILES string of the molecule is CC1(C)[C@@H]2CC[C@@]1(C)[C@](O)(OC(=O)Cl)C2. The van der Waals surface area contributed by atoms with E-state index in [4.69, 9.17) is 16.3 Å². The van der Waals surface area contributed by atoms with Crippen LogP contribution in [0.15, 0.2) is 0 Å². The van der Waals surface area contributed by atoms with Crippen LogP contribution in [0, 0.1) is 16.7 Å². The molecule has 2 fully saturated rings. The van der Waals surface area contributed by atoms with E-state index in [9.17, 15) is 9.90 Å². The largest absolute Gasteiger partial charge is 0.421 e. The Hall–Kier alpha value is -0.280.